The van der Waals surface area contributed by atoms with E-state index in [2.05, 4.69) is 25.2 Å². The molecule has 0 saturated heterocycles. The van der Waals surface area contributed by atoms with E-state index in [4.69, 9.17) is 16.9 Å². The van der Waals surface area contributed by atoms with Crippen LogP contribution in [0, 0.1) is 16.7 Å². The van der Waals surface area contributed by atoms with E-state index >= 15 is 0 Å². The van der Waals surface area contributed by atoms with E-state index in [1.807, 2.05) is 12.1 Å². The Kier molecular flexibility index (Phi) is 3.82. The smallest absolute Gasteiger partial charge is 0.101 e. The fourth-order valence-electron chi connectivity index (χ4n) is 2.50. The molecule has 0 aliphatic heterocycles. The summed E-state index contributed by atoms with van der Waals surface area (Å²) in [6, 6.07) is 8.13. The summed E-state index contributed by atoms with van der Waals surface area (Å²) in [6.45, 7) is 4.65. The van der Waals surface area contributed by atoms with Crippen molar-refractivity contribution in [2.24, 2.45) is 5.41 Å². The highest BCUT2D eigenvalue weighted by Gasteiger charge is 2.26. The van der Waals surface area contributed by atoms with Crippen LogP contribution in [0.1, 0.15) is 45.1 Å². The number of anilines is 1. The summed E-state index contributed by atoms with van der Waals surface area (Å²) in [4.78, 5) is 0. The van der Waals surface area contributed by atoms with Gasteiger partial charge in [0.1, 0.15) is 6.07 Å². The van der Waals surface area contributed by atoms with Gasteiger partial charge in [-0.1, -0.05) is 25.4 Å². The van der Waals surface area contributed by atoms with Crippen LogP contribution in [0.5, 0.6) is 0 Å². The highest BCUT2D eigenvalue weighted by Crippen LogP contribution is 2.36. The van der Waals surface area contributed by atoms with Crippen molar-refractivity contribution in [2.75, 3.05) is 5.32 Å². The minimum absolute atomic E-state index is 0.468. The maximum Gasteiger partial charge on any atom is 0.101 e. The number of halogens is 1. The third-order valence-corrected chi connectivity index (χ3v) is 4.04. The molecule has 1 aromatic rings. The first-order valence-electron chi connectivity index (χ1n) is 6.46. The van der Waals surface area contributed by atoms with Crippen LogP contribution in [0.15, 0.2) is 18.2 Å². The van der Waals surface area contributed by atoms with Gasteiger partial charge in [0, 0.05) is 11.1 Å². The summed E-state index contributed by atoms with van der Waals surface area (Å²) in [6.07, 6.45) is 4.81. The minimum atomic E-state index is 0.468. The molecule has 2 rings (SSSR count). The van der Waals surface area contributed by atoms with Gasteiger partial charge in [0.05, 0.1) is 11.3 Å². The zero-order valence-electron chi connectivity index (χ0n) is 11.0. The molecule has 1 saturated carbocycles. The molecule has 18 heavy (non-hydrogen) atoms. The van der Waals surface area contributed by atoms with Gasteiger partial charge in [-0.15, -0.1) is 0 Å². The molecule has 96 valence electrons. The van der Waals surface area contributed by atoms with Crippen molar-refractivity contribution in [3.8, 4) is 6.07 Å². The van der Waals surface area contributed by atoms with Crippen molar-refractivity contribution in [1.82, 2.24) is 0 Å². The van der Waals surface area contributed by atoms with Crippen LogP contribution < -0.4 is 5.32 Å². The molecule has 1 aromatic carbocycles. The number of rotatable bonds is 2. The van der Waals surface area contributed by atoms with Crippen LogP contribution in [0.2, 0.25) is 5.02 Å². The van der Waals surface area contributed by atoms with Crippen LogP contribution in [-0.4, -0.2) is 6.04 Å². The fourth-order valence-corrected chi connectivity index (χ4v) is 2.67. The van der Waals surface area contributed by atoms with E-state index < -0.39 is 0 Å². The molecular formula is C15H19ClN2. The molecule has 0 heterocycles. The van der Waals surface area contributed by atoms with Crippen molar-refractivity contribution in [3.63, 3.8) is 0 Å². The van der Waals surface area contributed by atoms with Gasteiger partial charge in [0.15, 0.2) is 0 Å². The summed E-state index contributed by atoms with van der Waals surface area (Å²) in [5.74, 6) is 0. The van der Waals surface area contributed by atoms with Crippen LogP contribution in [0.25, 0.3) is 0 Å². The molecule has 0 unspecified atom stereocenters. The third-order valence-electron chi connectivity index (χ3n) is 3.80. The van der Waals surface area contributed by atoms with Crippen molar-refractivity contribution in [1.29, 1.82) is 5.26 Å². The summed E-state index contributed by atoms with van der Waals surface area (Å²) >= 11 is 5.90. The van der Waals surface area contributed by atoms with E-state index in [9.17, 15) is 0 Å². The molecule has 2 nitrogen and oxygen atoms in total. The maximum atomic E-state index is 9.11. The average molecular weight is 263 g/mol. The minimum Gasteiger partial charge on any atom is -0.381 e. The van der Waals surface area contributed by atoms with E-state index in [0.717, 1.165) is 5.69 Å². The molecule has 1 fully saturated rings. The molecule has 3 heteroatoms. The van der Waals surface area contributed by atoms with E-state index in [1.54, 1.807) is 6.07 Å². The normalized spacial score (nSPS) is 19.2. The van der Waals surface area contributed by atoms with Crippen molar-refractivity contribution in [3.05, 3.63) is 28.8 Å². The Morgan fingerprint density at radius 2 is 2.00 bits per heavy atom. The van der Waals surface area contributed by atoms with Gasteiger partial charge in [-0.05, 0) is 49.3 Å². The molecule has 0 radical (unpaired) electrons. The Morgan fingerprint density at radius 1 is 1.33 bits per heavy atom. The monoisotopic (exact) mass is 262 g/mol. The summed E-state index contributed by atoms with van der Waals surface area (Å²) in [5.41, 5.74) is 2.01. The first-order valence-corrected chi connectivity index (χ1v) is 6.84. The van der Waals surface area contributed by atoms with E-state index in [1.165, 1.54) is 25.7 Å². The number of hydrogen-bond donors (Lipinski definition) is 1. The second-order valence-corrected chi connectivity index (χ2v) is 6.32. The van der Waals surface area contributed by atoms with Crippen LogP contribution >= 0.6 is 11.6 Å². The van der Waals surface area contributed by atoms with Crippen molar-refractivity contribution < 1.29 is 0 Å². The lowest BCUT2D eigenvalue weighted by Crippen LogP contribution is -2.30. The topological polar surface area (TPSA) is 35.8 Å². The predicted molar refractivity (Wildman–Crippen MR) is 75.8 cm³/mol. The molecule has 0 bridgehead atoms. The van der Waals surface area contributed by atoms with E-state index in [-0.39, 0.29) is 0 Å². The molecular weight excluding hydrogens is 244 g/mol. The Balaban J connectivity index is 2.05. The van der Waals surface area contributed by atoms with Crippen molar-refractivity contribution in [2.45, 2.75) is 45.6 Å². The fraction of sp³-hybridized carbons (Fsp3) is 0.533. The zero-order valence-corrected chi connectivity index (χ0v) is 11.7. The average Bonchev–Trinajstić information content (AvgIpc) is 2.34. The van der Waals surface area contributed by atoms with Crippen LogP contribution in [0.4, 0.5) is 5.69 Å². The Hall–Kier alpha value is -1.20. The van der Waals surface area contributed by atoms with Gasteiger partial charge < -0.3 is 5.32 Å². The van der Waals surface area contributed by atoms with Crippen molar-refractivity contribution >= 4 is 17.3 Å². The highest BCUT2D eigenvalue weighted by molar-refractivity contribution is 6.30. The second-order valence-electron chi connectivity index (χ2n) is 5.88. The number of nitrogens with zero attached hydrogens (tertiary/aromatic N) is 1. The first-order chi connectivity index (χ1) is 8.50. The van der Waals surface area contributed by atoms with Gasteiger partial charge in [-0.3, -0.25) is 0 Å². The third kappa shape index (κ3) is 3.17. The molecule has 1 N–H and O–H groups in total. The standard InChI is InChI=1S/C15H19ClN2/c1-15(2)7-5-13(6-8-15)18-14-4-3-12(16)9-11(14)10-17/h3-4,9,13,18H,5-8H2,1-2H3. The predicted octanol–water partition coefficient (Wildman–Crippen LogP) is 4.59. The number of nitrogens with one attached hydrogen (secondary N) is 1. The molecule has 1 aliphatic carbocycles. The molecule has 0 spiro atoms. The Labute approximate surface area is 114 Å². The SMILES string of the molecule is CC1(C)CCC(Nc2ccc(Cl)cc2C#N)CC1. The number of hydrogen-bond acceptors (Lipinski definition) is 2. The molecule has 1 aliphatic rings. The summed E-state index contributed by atoms with van der Waals surface area (Å²) in [7, 11) is 0. The first kappa shape index (κ1) is 13.2. The van der Waals surface area contributed by atoms with Gasteiger partial charge in [-0.25, -0.2) is 0 Å². The van der Waals surface area contributed by atoms with Gasteiger partial charge >= 0.3 is 0 Å². The lowest BCUT2D eigenvalue weighted by molar-refractivity contribution is 0.232. The lowest BCUT2D eigenvalue weighted by atomic mass is 9.75. The number of benzene rings is 1. The Bertz CT molecular complexity index is 464. The second kappa shape index (κ2) is 5.20. The highest BCUT2D eigenvalue weighted by atomic mass is 35.5. The quantitative estimate of drug-likeness (QED) is 0.846. The van der Waals surface area contributed by atoms with Gasteiger partial charge in [-0.2, -0.15) is 5.26 Å². The van der Waals surface area contributed by atoms with Crippen LogP contribution in [0.3, 0.4) is 0 Å². The number of nitriles is 1. The lowest BCUT2D eigenvalue weighted by Gasteiger charge is -2.35. The van der Waals surface area contributed by atoms with Crippen LogP contribution in [-0.2, 0) is 0 Å². The van der Waals surface area contributed by atoms with E-state index in [0.29, 0.717) is 22.0 Å². The van der Waals surface area contributed by atoms with Gasteiger partial charge in [0.2, 0.25) is 0 Å². The molecule has 0 amide bonds. The molecule has 0 aromatic heterocycles. The largest absolute Gasteiger partial charge is 0.381 e. The molecule has 0 atom stereocenters. The van der Waals surface area contributed by atoms with Gasteiger partial charge in [0.25, 0.3) is 0 Å². The maximum absolute atomic E-state index is 9.11. The summed E-state index contributed by atoms with van der Waals surface area (Å²) in [5, 5.41) is 13.2. The summed E-state index contributed by atoms with van der Waals surface area (Å²) < 4.78 is 0. The Morgan fingerprint density at radius 3 is 2.61 bits per heavy atom. The zero-order chi connectivity index (χ0) is 13.2.